The Balaban J connectivity index is 2.83. The number of rotatable bonds is 1. The van der Waals surface area contributed by atoms with Gasteiger partial charge in [-0.25, -0.2) is 0 Å². The van der Waals surface area contributed by atoms with E-state index in [-0.39, 0.29) is 0 Å². The Morgan fingerprint density at radius 1 is 1.23 bits per heavy atom. The molecule has 1 heterocycles. The summed E-state index contributed by atoms with van der Waals surface area (Å²) in [6.07, 6.45) is 3.74. The third kappa shape index (κ3) is 1.33. The maximum absolute atomic E-state index is 4.17. The van der Waals surface area contributed by atoms with E-state index in [1.807, 2.05) is 31.5 Å². The van der Waals surface area contributed by atoms with E-state index in [2.05, 4.69) is 23.7 Å². The topological polar surface area (TPSA) is 12.9 Å². The molecule has 1 nitrogen and oxygen atoms in total. The molecule has 0 aliphatic carbocycles. The minimum atomic E-state index is 1.06. The van der Waals surface area contributed by atoms with Gasteiger partial charge < -0.3 is 0 Å². The molecule has 2 aromatic rings. The normalized spacial score (nSPS) is 10.2. The van der Waals surface area contributed by atoms with Crippen molar-refractivity contribution in [1.29, 1.82) is 0 Å². The standard InChI is InChI=1S/C12H11N/c1-9(2)12-8-13-7-10-5-3-4-6-11(10)12/h3-8H,1H2,2H3. The van der Waals surface area contributed by atoms with E-state index in [4.69, 9.17) is 0 Å². The molecule has 1 aromatic heterocycles. The largest absolute Gasteiger partial charge is 0.263 e. The molecule has 0 aliphatic heterocycles. The summed E-state index contributed by atoms with van der Waals surface area (Å²) in [5.74, 6) is 0. The summed E-state index contributed by atoms with van der Waals surface area (Å²) in [6, 6.07) is 8.22. The van der Waals surface area contributed by atoms with Gasteiger partial charge in [0.15, 0.2) is 0 Å². The van der Waals surface area contributed by atoms with Gasteiger partial charge in [-0.3, -0.25) is 4.98 Å². The highest BCUT2D eigenvalue weighted by Crippen LogP contribution is 2.21. The van der Waals surface area contributed by atoms with E-state index in [1.54, 1.807) is 0 Å². The van der Waals surface area contributed by atoms with Crippen molar-refractivity contribution in [3.8, 4) is 0 Å². The van der Waals surface area contributed by atoms with Crippen molar-refractivity contribution in [2.24, 2.45) is 0 Å². The number of nitrogens with zero attached hydrogens (tertiary/aromatic N) is 1. The van der Waals surface area contributed by atoms with Gasteiger partial charge in [-0.2, -0.15) is 0 Å². The molecule has 0 atom stereocenters. The van der Waals surface area contributed by atoms with Crippen LogP contribution in [0.25, 0.3) is 16.3 Å². The first-order valence-electron chi connectivity index (χ1n) is 4.27. The Morgan fingerprint density at radius 3 is 2.77 bits per heavy atom. The van der Waals surface area contributed by atoms with Gasteiger partial charge in [0.05, 0.1) is 0 Å². The van der Waals surface area contributed by atoms with Gasteiger partial charge in [-0.1, -0.05) is 30.8 Å². The number of pyridine rings is 1. The van der Waals surface area contributed by atoms with Crippen LogP contribution in [0.4, 0.5) is 0 Å². The number of fused-ring (bicyclic) bond motifs is 1. The van der Waals surface area contributed by atoms with Gasteiger partial charge in [0.25, 0.3) is 0 Å². The molecule has 64 valence electrons. The number of hydrogen-bond acceptors (Lipinski definition) is 1. The first-order valence-corrected chi connectivity index (χ1v) is 4.27. The Morgan fingerprint density at radius 2 is 2.00 bits per heavy atom. The van der Waals surface area contributed by atoms with Crippen LogP contribution in [0.1, 0.15) is 12.5 Å². The van der Waals surface area contributed by atoms with Crippen LogP contribution in [-0.2, 0) is 0 Å². The number of allylic oxidation sites excluding steroid dienone is 1. The summed E-state index contributed by atoms with van der Waals surface area (Å²) in [5, 5.41) is 2.40. The van der Waals surface area contributed by atoms with Crippen LogP contribution < -0.4 is 0 Å². The Labute approximate surface area is 77.7 Å². The van der Waals surface area contributed by atoms with Crippen molar-refractivity contribution >= 4 is 16.3 Å². The Hall–Kier alpha value is -1.63. The predicted octanol–water partition coefficient (Wildman–Crippen LogP) is 3.27. The molecule has 0 radical (unpaired) electrons. The van der Waals surface area contributed by atoms with Crippen LogP contribution in [-0.4, -0.2) is 4.98 Å². The summed E-state index contributed by atoms with van der Waals surface area (Å²) in [7, 11) is 0. The van der Waals surface area contributed by atoms with Crippen LogP contribution >= 0.6 is 0 Å². The second-order valence-electron chi connectivity index (χ2n) is 3.19. The summed E-state index contributed by atoms with van der Waals surface area (Å²) in [5.41, 5.74) is 2.20. The first kappa shape index (κ1) is 7.99. The van der Waals surface area contributed by atoms with E-state index in [0.717, 1.165) is 11.1 Å². The van der Waals surface area contributed by atoms with Gasteiger partial charge in [0.2, 0.25) is 0 Å². The highest BCUT2D eigenvalue weighted by molar-refractivity contribution is 5.92. The highest BCUT2D eigenvalue weighted by atomic mass is 14.6. The average Bonchev–Trinajstić information content (AvgIpc) is 2.17. The minimum Gasteiger partial charge on any atom is -0.263 e. The van der Waals surface area contributed by atoms with Crippen molar-refractivity contribution in [3.63, 3.8) is 0 Å². The van der Waals surface area contributed by atoms with Gasteiger partial charge >= 0.3 is 0 Å². The van der Waals surface area contributed by atoms with Crippen LogP contribution in [0.2, 0.25) is 0 Å². The molecule has 0 unspecified atom stereocenters. The van der Waals surface area contributed by atoms with Crippen molar-refractivity contribution in [2.45, 2.75) is 6.92 Å². The molecule has 0 saturated carbocycles. The third-order valence-corrected chi connectivity index (χ3v) is 2.13. The molecule has 2 rings (SSSR count). The molecular weight excluding hydrogens is 158 g/mol. The van der Waals surface area contributed by atoms with Crippen LogP contribution in [0, 0.1) is 0 Å². The van der Waals surface area contributed by atoms with Crippen molar-refractivity contribution < 1.29 is 0 Å². The lowest BCUT2D eigenvalue weighted by Crippen LogP contribution is -1.83. The van der Waals surface area contributed by atoms with E-state index < -0.39 is 0 Å². The molecule has 1 aromatic carbocycles. The molecule has 0 amide bonds. The molecular formula is C12H11N. The minimum absolute atomic E-state index is 1.06. The lowest BCUT2D eigenvalue weighted by molar-refractivity contribution is 1.34. The monoisotopic (exact) mass is 169 g/mol. The zero-order valence-corrected chi connectivity index (χ0v) is 7.62. The van der Waals surface area contributed by atoms with E-state index in [1.165, 1.54) is 10.8 Å². The maximum Gasteiger partial charge on any atom is 0.0349 e. The van der Waals surface area contributed by atoms with Crippen molar-refractivity contribution in [3.05, 3.63) is 48.8 Å². The fourth-order valence-electron chi connectivity index (χ4n) is 1.46. The summed E-state index contributed by atoms with van der Waals surface area (Å²) < 4.78 is 0. The first-order chi connectivity index (χ1) is 6.29. The van der Waals surface area contributed by atoms with E-state index in [9.17, 15) is 0 Å². The predicted molar refractivity (Wildman–Crippen MR) is 56.5 cm³/mol. The van der Waals surface area contributed by atoms with Gasteiger partial charge in [-0.05, 0) is 17.9 Å². The van der Waals surface area contributed by atoms with Gasteiger partial charge in [0.1, 0.15) is 0 Å². The Bertz CT molecular complexity index is 452. The van der Waals surface area contributed by atoms with Crippen molar-refractivity contribution in [1.82, 2.24) is 4.98 Å². The molecule has 0 N–H and O–H groups in total. The lowest BCUT2D eigenvalue weighted by atomic mass is 10.0. The lowest BCUT2D eigenvalue weighted by Gasteiger charge is -2.03. The second-order valence-corrected chi connectivity index (χ2v) is 3.19. The zero-order valence-electron chi connectivity index (χ0n) is 7.62. The molecule has 0 saturated heterocycles. The SMILES string of the molecule is C=C(C)c1cncc2ccccc12. The second kappa shape index (κ2) is 3.02. The summed E-state index contributed by atoms with van der Waals surface area (Å²) >= 11 is 0. The molecule has 13 heavy (non-hydrogen) atoms. The number of aromatic nitrogens is 1. The van der Waals surface area contributed by atoms with E-state index in [0.29, 0.717) is 0 Å². The smallest absolute Gasteiger partial charge is 0.0349 e. The van der Waals surface area contributed by atoms with Crippen LogP contribution in [0.3, 0.4) is 0 Å². The number of hydrogen-bond donors (Lipinski definition) is 0. The van der Waals surface area contributed by atoms with Crippen LogP contribution in [0.5, 0.6) is 0 Å². The van der Waals surface area contributed by atoms with Crippen LogP contribution in [0.15, 0.2) is 43.2 Å². The molecule has 1 heteroatoms. The quantitative estimate of drug-likeness (QED) is 0.638. The highest BCUT2D eigenvalue weighted by Gasteiger charge is 1.99. The molecule has 0 bridgehead atoms. The summed E-state index contributed by atoms with van der Waals surface area (Å²) in [4.78, 5) is 4.17. The summed E-state index contributed by atoms with van der Waals surface area (Å²) in [6.45, 7) is 5.94. The average molecular weight is 169 g/mol. The number of benzene rings is 1. The van der Waals surface area contributed by atoms with Gasteiger partial charge in [-0.15, -0.1) is 0 Å². The Kier molecular flexibility index (Phi) is 1.85. The zero-order chi connectivity index (χ0) is 9.26. The van der Waals surface area contributed by atoms with E-state index >= 15 is 0 Å². The van der Waals surface area contributed by atoms with Gasteiger partial charge in [0, 0.05) is 23.3 Å². The fourth-order valence-corrected chi connectivity index (χ4v) is 1.46. The maximum atomic E-state index is 4.17. The van der Waals surface area contributed by atoms with Crippen molar-refractivity contribution in [2.75, 3.05) is 0 Å². The molecule has 0 fully saturated rings. The third-order valence-electron chi connectivity index (χ3n) is 2.13. The molecule has 0 aliphatic rings. The molecule has 0 spiro atoms. The fraction of sp³-hybridized carbons (Fsp3) is 0.0833.